The van der Waals surface area contributed by atoms with Gasteiger partial charge in [-0.15, -0.1) is 0 Å². The number of aliphatic hydroxyl groups excluding tert-OH is 1. The lowest BCUT2D eigenvalue weighted by atomic mass is 9.45. The number of hydrogen-bond donors (Lipinski definition) is 2. The van der Waals surface area contributed by atoms with Gasteiger partial charge in [-0.2, -0.15) is 0 Å². The van der Waals surface area contributed by atoms with Crippen LogP contribution in [-0.4, -0.2) is 124 Å². The van der Waals surface area contributed by atoms with Gasteiger partial charge in [0.1, 0.15) is 48.1 Å². The first-order valence-electron chi connectivity index (χ1n) is 17.3. The van der Waals surface area contributed by atoms with Crippen LogP contribution >= 0.6 is 0 Å². The summed E-state index contributed by atoms with van der Waals surface area (Å²) >= 11 is 0. The summed E-state index contributed by atoms with van der Waals surface area (Å²) in [6.45, 7) is 8.75. The van der Waals surface area contributed by atoms with Crippen molar-refractivity contribution in [1.82, 2.24) is 4.98 Å². The van der Waals surface area contributed by atoms with Crippen molar-refractivity contribution < 1.29 is 81.7 Å². The second kappa shape index (κ2) is 14.2. The molecule has 18 nitrogen and oxygen atoms in total. The highest BCUT2D eigenvalue weighted by Crippen LogP contribution is 2.69. The highest BCUT2D eigenvalue weighted by molar-refractivity contribution is 5.91. The zero-order valence-corrected chi connectivity index (χ0v) is 31.3. The first-order valence-corrected chi connectivity index (χ1v) is 17.3. The summed E-state index contributed by atoms with van der Waals surface area (Å²) in [5.41, 5.74) is -9.90. The van der Waals surface area contributed by atoms with Crippen LogP contribution in [0, 0.1) is 17.3 Å². The minimum Gasteiger partial charge on any atom is -0.465 e. The minimum absolute atomic E-state index is 0.0246. The fraction of sp³-hybridized carbons (Fsp3) is 0.667. The third-order valence-corrected chi connectivity index (χ3v) is 11.2. The number of carbonyl (C=O) groups is 7. The number of cyclic esters (lactones) is 1. The van der Waals surface area contributed by atoms with E-state index in [0.717, 1.165) is 41.5 Å². The predicted octanol–water partition coefficient (Wildman–Crippen LogP) is 0.463. The molecule has 18 heteroatoms. The van der Waals surface area contributed by atoms with Gasteiger partial charge < -0.3 is 48.1 Å². The smallest absolute Gasteiger partial charge is 0.340 e. The van der Waals surface area contributed by atoms with E-state index in [1.165, 1.54) is 32.2 Å². The predicted molar refractivity (Wildman–Crippen MR) is 176 cm³/mol. The lowest BCUT2D eigenvalue weighted by molar-refractivity contribution is -0.386. The molecule has 54 heavy (non-hydrogen) atoms. The monoisotopic (exact) mass is 763 g/mol. The van der Waals surface area contributed by atoms with Crippen molar-refractivity contribution in [1.29, 1.82) is 0 Å². The van der Waals surface area contributed by atoms with Gasteiger partial charge in [0.15, 0.2) is 23.9 Å². The Kier molecular flexibility index (Phi) is 10.6. The summed E-state index contributed by atoms with van der Waals surface area (Å²) in [6, 6.07) is 2.91. The molecule has 1 saturated heterocycles. The van der Waals surface area contributed by atoms with Gasteiger partial charge in [0.05, 0.1) is 23.1 Å². The molecule has 2 aliphatic heterocycles. The lowest BCUT2D eigenvalue weighted by Gasteiger charge is -2.67. The molecule has 0 aromatic carbocycles. The van der Waals surface area contributed by atoms with E-state index < -0.39 is 132 Å². The van der Waals surface area contributed by atoms with Gasteiger partial charge in [-0.25, -0.2) is 4.79 Å². The number of fused-ring (bicyclic) bond motifs is 5. The van der Waals surface area contributed by atoms with Crippen LogP contribution in [0.1, 0.15) is 84.3 Å². The van der Waals surface area contributed by atoms with Crippen molar-refractivity contribution in [2.75, 3.05) is 13.2 Å². The van der Waals surface area contributed by atoms with Crippen LogP contribution in [0.15, 0.2) is 18.3 Å². The van der Waals surface area contributed by atoms with E-state index in [0.29, 0.717) is 0 Å². The minimum atomic E-state index is -2.78. The summed E-state index contributed by atoms with van der Waals surface area (Å²) in [5.74, 6) is -10.5. The first-order chi connectivity index (χ1) is 25.1. The van der Waals surface area contributed by atoms with Crippen LogP contribution in [-0.2, 0) is 66.7 Å². The Morgan fingerprint density at radius 3 is 2.00 bits per heavy atom. The van der Waals surface area contributed by atoms with E-state index in [9.17, 15) is 43.8 Å². The largest absolute Gasteiger partial charge is 0.465 e. The molecule has 5 rings (SSSR count). The lowest BCUT2D eigenvalue weighted by Crippen LogP contribution is -2.89. The number of ether oxygens (including phenoxy) is 8. The number of carbonyl (C=O) groups excluding carboxylic acids is 7. The number of aromatic nitrogens is 1. The average Bonchev–Trinajstić information content (AvgIpc) is 3.30. The summed E-state index contributed by atoms with van der Waals surface area (Å²) < 4.78 is 47.7. The van der Waals surface area contributed by atoms with Crippen LogP contribution in [0.3, 0.4) is 0 Å². The summed E-state index contributed by atoms with van der Waals surface area (Å²) in [4.78, 5) is 97.0. The highest BCUT2D eigenvalue weighted by Gasteiger charge is 2.91. The van der Waals surface area contributed by atoms with Gasteiger partial charge in [0.2, 0.25) is 0 Å². The molecule has 1 aromatic rings. The van der Waals surface area contributed by atoms with E-state index >= 15 is 0 Å². The number of esters is 7. The normalized spacial score (nSPS) is 39.8. The second-order valence-electron chi connectivity index (χ2n) is 14.7. The summed E-state index contributed by atoms with van der Waals surface area (Å²) in [5, 5.41) is 25.7. The molecule has 0 radical (unpaired) electrons. The van der Waals surface area contributed by atoms with E-state index in [1.54, 1.807) is 6.92 Å². The first kappa shape index (κ1) is 40.5. The van der Waals surface area contributed by atoms with Gasteiger partial charge in [0, 0.05) is 46.7 Å². The average molecular weight is 764 g/mol. The van der Waals surface area contributed by atoms with Crippen molar-refractivity contribution in [3.05, 3.63) is 29.6 Å². The van der Waals surface area contributed by atoms with Crippen LogP contribution in [0.2, 0.25) is 0 Å². The molecular formula is C36H45NO17. The summed E-state index contributed by atoms with van der Waals surface area (Å²) in [7, 11) is 0. The van der Waals surface area contributed by atoms with Gasteiger partial charge in [0.25, 0.3) is 0 Å². The van der Waals surface area contributed by atoms with Crippen molar-refractivity contribution >= 4 is 41.8 Å². The molecule has 0 unspecified atom stereocenters. The zero-order chi connectivity index (χ0) is 40.3. The molecule has 2 N–H and O–H groups in total. The maximum absolute atomic E-state index is 14.2. The fourth-order valence-corrected chi connectivity index (χ4v) is 8.96. The van der Waals surface area contributed by atoms with Crippen molar-refractivity contribution in [3.63, 3.8) is 0 Å². The van der Waals surface area contributed by atoms with Crippen molar-refractivity contribution in [2.24, 2.45) is 17.3 Å². The van der Waals surface area contributed by atoms with Crippen molar-refractivity contribution in [2.45, 2.75) is 122 Å². The van der Waals surface area contributed by atoms with E-state index in [4.69, 9.17) is 37.9 Å². The molecule has 3 fully saturated rings. The maximum atomic E-state index is 14.2. The molecule has 13 atom stereocenters. The molecule has 3 heterocycles. The number of pyridine rings is 1. The van der Waals surface area contributed by atoms with Crippen molar-refractivity contribution in [3.8, 4) is 0 Å². The van der Waals surface area contributed by atoms with Gasteiger partial charge in [-0.1, -0.05) is 13.8 Å². The Morgan fingerprint density at radius 2 is 1.43 bits per heavy atom. The topological polar surface area (TPSA) is 247 Å². The van der Waals surface area contributed by atoms with Crippen LogP contribution < -0.4 is 0 Å². The van der Waals surface area contributed by atoms with Gasteiger partial charge in [-0.05, 0) is 26.0 Å². The molecule has 2 saturated carbocycles. The number of nitrogens with zero attached hydrogens (tertiary/aromatic N) is 1. The van der Waals surface area contributed by atoms with Crippen LogP contribution in [0.4, 0.5) is 0 Å². The number of rotatable bonds is 6. The molecule has 4 bridgehead atoms. The molecule has 0 amide bonds. The Hall–Kier alpha value is -4.68. The van der Waals surface area contributed by atoms with E-state index in [1.807, 2.05) is 0 Å². The molecular weight excluding hydrogens is 718 g/mol. The molecule has 296 valence electrons. The molecule has 2 aliphatic carbocycles. The van der Waals surface area contributed by atoms with E-state index in [2.05, 4.69) is 4.98 Å². The maximum Gasteiger partial charge on any atom is 0.340 e. The molecule has 1 aromatic heterocycles. The SMILES string of the molecule is CC(=O)OC[C@]12[C@H](OC(C)=O)[C@@H](OC(C)=O)[C@@H]3OC(=O)[C@@H](C)[C@H](C)c4ncccc4C(=O)OC[C@]4(C)O[C@]1([C@@H](OC(C)=O)[C@@H]4[C@H](O)[C@@H]2OC(C)=O)[C@]3(C)O. The Labute approximate surface area is 310 Å². The molecule has 1 spiro atoms. The zero-order valence-electron chi connectivity index (χ0n) is 31.3. The van der Waals surface area contributed by atoms with Crippen LogP contribution in [0.5, 0.6) is 0 Å². The highest BCUT2D eigenvalue weighted by atomic mass is 16.7. The number of aliphatic hydroxyl groups is 2. The summed E-state index contributed by atoms with van der Waals surface area (Å²) in [6.07, 6.45) is -10.6. The van der Waals surface area contributed by atoms with E-state index in [-0.39, 0.29) is 11.3 Å². The standard InChI is InChI=1S/C36H45NO17/c1-15-16(2)31(44)53-29-26(49-18(4)39)30(52-21(7)42)35(14-47-17(3)38)28(51-20(6)41)25(43)23-27(50-19(5)40)36(35,34(29,9)46)54-33(23,8)13-48-32(45)22-11-10-12-37-24(15)22/h10-12,15-16,23,25-30,43,46H,13-14H2,1-9H3/t15-,16-,23-,25-,26-,27-,28-,29-,30+,33-,34+,35-,36+/m0/s1. The Balaban J connectivity index is 1.96. The van der Waals surface area contributed by atoms with Crippen LogP contribution in [0.25, 0.3) is 0 Å². The third-order valence-electron chi connectivity index (χ3n) is 11.2. The molecule has 4 aliphatic rings. The Morgan fingerprint density at radius 1 is 0.852 bits per heavy atom. The number of hydrogen-bond acceptors (Lipinski definition) is 18. The third kappa shape index (κ3) is 6.17. The fourth-order valence-electron chi connectivity index (χ4n) is 8.96. The second-order valence-corrected chi connectivity index (χ2v) is 14.7. The van der Waals surface area contributed by atoms with Gasteiger partial charge in [-0.3, -0.25) is 33.8 Å². The van der Waals surface area contributed by atoms with Gasteiger partial charge >= 0.3 is 41.8 Å². The Bertz CT molecular complexity index is 1740. The quantitative estimate of drug-likeness (QED) is 0.295.